The number of anilines is 1. The van der Waals surface area contributed by atoms with Gasteiger partial charge in [0.15, 0.2) is 11.5 Å². The van der Waals surface area contributed by atoms with Gasteiger partial charge in [0.25, 0.3) is 0 Å². The third kappa shape index (κ3) is 5.12. The minimum atomic E-state index is -0.0708. The molecule has 1 atom stereocenters. The molecular weight excluding hydrogens is 394 g/mol. The summed E-state index contributed by atoms with van der Waals surface area (Å²) in [6.07, 6.45) is 4.66. The summed E-state index contributed by atoms with van der Waals surface area (Å²) in [4.78, 5) is 21.8. The Bertz CT molecular complexity index is 889. The van der Waals surface area contributed by atoms with Gasteiger partial charge in [-0.15, -0.1) is 0 Å². The van der Waals surface area contributed by atoms with Gasteiger partial charge >= 0.3 is 0 Å². The van der Waals surface area contributed by atoms with E-state index in [1.807, 2.05) is 42.2 Å². The molecule has 0 bridgehead atoms. The molecular formula is C23H33N5O3. The first-order valence-electron chi connectivity index (χ1n) is 11.1. The molecule has 4 rings (SSSR count). The fraction of sp³-hybridized carbons (Fsp3) is 0.565. The van der Waals surface area contributed by atoms with Crippen molar-refractivity contribution < 1.29 is 14.3 Å². The summed E-state index contributed by atoms with van der Waals surface area (Å²) in [7, 11) is 2.01. The summed E-state index contributed by atoms with van der Waals surface area (Å²) < 4.78 is 13.6. The van der Waals surface area contributed by atoms with Crippen LogP contribution in [0.4, 0.5) is 5.95 Å². The monoisotopic (exact) mass is 427 g/mol. The largest absolute Gasteiger partial charge is 0.490 e. The van der Waals surface area contributed by atoms with Crippen molar-refractivity contribution in [1.29, 1.82) is 0 Å². The molecule has 0 aliphatic carbocycles. The van der Waals surface area contributed by atoms with Gasteiger partial charge in [-0.3, -0.25) is 9.69 Å². The molecule has 168 valence electrons. The van der Waals surface area contributed by atoms with E-state index in [4.69, 9.17) is 9.47 Å². The van der Waals surface area contributed by atoms with Crippen LogP contribution in [0.1, 0.15) is 31.9 Å². The van der Waals surface area contributed by atoms with Crippen molar-refractivity contribution in [2.45, 2.75) is 26.3 Å². The molecule has 1 aromatic heterocycles. The number of amides is 1. The van der Waals surface area contributed by atoms with Gasteiger partial charge in [-0.25, -0.2) is 4.98 Å². The quantitative estimate of drug-likeness (QED) is 0.762. The Hall–Kier alpha value is -2.74. The topological polar surface area (TPSA) is 71.9 Å². The van der Waals surface area contributed by atoms with Crippen LogP contribution in [0.25, 0.3) is 0 Å². The van der Waals surface area contributed by atoms with Crippen molar-refractivity contribution in [3.8, 4) is 11.5 Å². The maximum absolute atomic E-state index is 12.9. The van der Waals surface area contributed by atoms with Gasteiger partial charge < -0.3 is 24.3 Å². The lowest BCUT2D eigenvalue weighted by atomic mass is 9.95. The number of benzene rings is 1. The average molecular weight is 428 g/mol. The maximum Gasteiger partial charge on any atom is 0.234 e. The zero-order valence-corrected chi connectivity index (χ0v) is 18.7. The number of aryl methyl sites for hydroxylation is 1. The first kappa shape index (κ1) is 21.5. The number of rotatable bonds is 6. The Labute approximate surface area is 184 Å². The Balaban J connectivity index is 1.34. The molecule has 31 heavy (non-hydrogen) atoms. The lowest BCUT2D eigenvalue weighted by molar-refractivity contribution is -0.123. The van der Waals surface area contributed by atoms with Gasteiger partial charge in [0, 0.05) is 52.0 Å². The van der Waals surface area contributed by atoms with E-state index < -0.39 is 0 Å². The van der Waals surface area contributed by atoms with Crippen molar-refractivity contribution in [3.05, 3.63) is 36.2 Å². The fourth-order valence-electron chi connectivity index (χ4n) is 4.20. The van der Waals surface area contributed by atoms with Crippen molar-refractivity contribution in [2.24, 2.45) is 13.0 Å². The smallest absolute Gasteiger partial charge is 0.234 e. The molecule has 0 saturated carbocycles. The molecule has 1 saturated heterocycles. The summed E-state index contributed by atoms with van der Waals surface area (Å²) >= 11 is 0. The van der Waals surface area contributed by atoms with Crippen LogP contribution in [0.2, 0.25) is 0 Å². The highest BCUT2D eigenvalue weighted by molar-refractivity contribution is 5.78. The number of nitrogens with one attached hydrogen (secondary N) is 1. The predicted octanol–water partition coefficient (Wildman–Crippen LogP) is 2.22. The third-order valence-corrected chi connectivity index (χ3v) is 5.93. The molecule has 0 radical (unpaired) electrons. The van der Waals surface area contributed by atoms with Crippen molar-refractivity contribution >= 4 is 11.9 Å². The number of ether oxygens (including phenoxy) is 2. The average Bonchev–Trinajstić information content (AvgIpc) is 3.04. The molecule has 1 amide bonds. The number of aromatic nitrogens is 2. The molecule has 1 N–H and O–H groups in total. The van der Waals surface area contributed by atoms with Crippen molar-refractivity contribution in [3.63, 3.8) is 0 Å². The van der Waals surface area contributed by atoms with Gasteiger partial charge in [0.2, 0.25) is 11.9 Å². The normalized spacial score (nSPS) is 18.0. The van der Waals surface area contributed by atoms with Gasteiger partial charge in [-0.2, -0.15) is 0 Å². The highest BCUT2D eigenvalue weighted by Crippen LogP contribution is 2.34. The van der Waals surface area contributed by atoms with E-state index in [-0.39, 0.29) is 17.9 Å². The molecule has 2 aromatic rings. The van der Waals surface area contributed by atoms with Gasteiger partial charge in [0.1, 0.15) is 0 Å². The number of imidazole rings is 1. The van der Waals surface area contributed by atoms with Gasteiger partial charge in [-0.1, -0.05) is 19.9 Å². The predicted molar refractivity (Wildman–Crippen MR) is 120 cm³/mol. The third-order valence-electron chi connectivity index (χ3n) is 5.93. The lowest BCUT2D eigenvalue weighted by Gasteiger charge is -2.35. The Morgan fingerprint density at radius 3 is 2.55 bits per heavy atom. The Morgan fingerprint density at radius 2 is 1.87 bits per heavy atom. The number of piperazine rings is 1. The van der Waals surface area contributed by atoms with Crippen LogP contribution < -0.4 is 19.7 Å². The minimum absolute atomic E-state index is 0.0521. The second-order valence-corrected chi connectivity index (χ2v) is 8.65. The number of hydrogen-bond donors (Lipinski definition) is 1. The van der Waals surface area contributed by atoms with E-state index in [1.54, 1.807) is 0 Å². The minimum Gasteiger partial charge on any atom is -0.490 e. The Morgan fingerprint density at radius 1 is 1.13 bits per heavy atom. The molecule has 2 aliphatic rings. The second-order valence-electron chi connectivity index (χ2n) is 8.65. The zero-order chi connectivity index (χ0) is 21.8. The van der Waals surface area contributed by atoms with Gasteiger partial charge in [-0.05, 0) is 23.6 Å². The van der Waals surface area contributed by atoms with Crippen LogP contribution in [-0.2, 0) is 11.8 Å². The number of hydrogen-bond acceptors (Lipinski definition) is 6. The van der Waals surface area contributed by atoms with E-state index >= 15 is 0 Å². The molecule has 3 heterocycles. The summed E-state index contributed by atoms with van der Waals surface area (Å²) in [6.45, 7) is 9.40. The molecule has 8 nitrogen and oxygen atoms in total. The summed E-state index contributed by atoms with van der Waals surface area (Å²) in [6, 6.07) is 5.92. The summed E-state index contributed by atoms with van der Waals surface area (Å²) in [5.41, 5.74) is 1.05. The highest BCUT2D eigenvalue weighted by atomic mass is 16.5. The van der Waals surface area contributed by atoms with E-state index in [0.717, 1.165) is 55.6 Å². The van der Waals surface area contributed by atoms with E-state index in [0.29, 0.717) is 19.8 Å². The van der Waals surface area contributed by atoms with Crippen LogP contribution in [0.15, 0.2) is 30.6 Å². The van der Waals surface area contributed by atoms with E-state index in [9.17, 15) is 4.79 Å². The van der Waals surface area contributed by atoms with Crippen LogP contribution >= 0.6 is 0 Å². The van der Waals surface area contributed by atoms with E-state index in [2.05, 4.69) is 33.9 Å². The molecule has 1 fully saturated rings. The first-order valence-corrected chi connectivity index (χ1v) is 11.1. The van der Waals surface area contributed by atoms with Crippen LogP contribution in [0.5, 0.6) is 11.5 Å². The number of carbonyl (C=O) groups excluding carboxylic acids is 1. The van der Waals surface area contributed by atoms with Crippen molar-refractivity contribution in [2.75, 3.05) is 50.8 Å². The molecule has 2 aliphatic heterocycles. The lowest BCUT2D eigenvalue weighted by Crippen LogP contribution is -2.50. The number of carbonyl (C=O) groups is 1. The molecule has 0 spiro atoms. The zero-order valence-electron chi connectivity index (χ0n) is 18.7. The summed E-state index contributed by atoms with van der Waals surface area (Å²) in [5.74, 6) is 2.84. The first-order chi connectivity index (χ1) is 15.0. The number of fused-ring (bicyclic) bond motifs is 1. The maximum atomic E-state index is 12.9. The fourth-order valence-corrected chi connectivity index (χ4v) is 4.20. The van der Waals surface area contributed by atoms with Crippen LogP contribution in [0.3, 0.4) is 0 Å². The molecule has 1 aromatic carbocycles. The van der Waals surface area contributed by atoms with Crippen LogP contribution in [-0.4, -0.2) is 66.3 Å². The number of nitrogens with zero attached hydrogens (tertiary/aromatic N) is 4. The van der Waals surface area contributed by atoms with E-state index in [1.165, 1.54) is 0 Å². The second kappa shape index (κ2) is 9.60. The summed E-state index contributed by atoms with van der Waals surface area (Å²) in [5, 5.41) is 3.24. The SMILES string of the molecule is CC(C)[C@@H](NC(=O)CN1CCN(c2nccn2C)CC1)c1ccc2c(c1)OCCCO2. The molecule has 0 unspecified atom stereocenters. The standard InChI is InChI=1S/C23H33N5O3/c1-17(2)22(18-5-6-19-20(15-18)31-14-4-13-30-19)25-21(29)16-27-9-11-28(12-10-27)23-24-7-8-26(23)3/h5-8,15,17,22H,4,9-14,16H2,1-3H3,(H,25,29)/t22-/m1/s1. The molecule has 8 heteroatoms. The van der Waals surface area contributed by atoms with Crippen LogP contribution in [0, 0.1) is 5.92 Å². The van der Waals surface area contributed by atoms with Crippen molar-refractivity contribution in [1.82, 2.24) is 19.8 Å². The van der Waals surface area contributed by atoms with Gasteiger partial charge in [0.05, 0.1) is 25.8 Å². The highest BCUT2D eigenvalue weighted by Gasteiger charge is 2.24. The Kier molecular flexibility index (Phi) is 6.65.